The molecular weight excluding hydrogens is 328 g/mol. The summed E-state index contributed by atoms with van der Waals surface area (Å²) in [6.45, 7) is 4.50. The van der Waals surface area contributed by atoms with Gasteiger partial charge in [-0.1, -0.05) is 37.3 Å². The number of amides is 1. The second kappa shape index (κ2) is 7.44. The lowest BCUT2D eigenvalue weighted by Crippen LogP contribution is -2.34. The van der Waals surface area contributed by atoms with Gasteiger partial charge in [0, 0.05) is 23.1 Å². The van der Waals surface area contributed by atoms with E-state index in [1.54, 1.807) is 15.5 Å². The van der Waals surface area contributed by atoms with E-state index >= 15 is 0 Å². The molecule has 2 aromatic carbocycles. The Morgan fingerprint density at radius 2 is 1.81 bits per heavy atom. The average Bonchev–Trinajstić information content (AvgIpc) is 3.01. The van der Waals surface area contributed by atoms with Crippen molar-refractivity contribution in [1.29, 1.82) is 0 Å². The van der Waals surface area contributed by atoms with Gasteiger partial charge in [-0.25, -0.2) is 4.79 Å². The number of para-hydroxylation sites is 1. The van der Waals surface area contributed by atoms with E-state index in [2.05, 4.69) is 6.92 Å². The van der Waals surface area contributed by atoms with E-state index in [0.29, 0.717) is 6.54 Å². The van der Waals surface area contributed by atoms with Gasteiger partial charge in [-0.3, -0.25) is 4.79 Å². The Balaban J connectivity index is 1.97. The second-order valence-corrected chi connectivity index (χ2v) is 6.14. The maximum absolute atomic E-state index is 13.0. The Morgan fingerprint density at radius 1 is 1.04 bits per heavy atom. The highest BCUT2D eigenvalue weighted by atomic mass is 16.4. The largest absolute Gasteiger partial charge is 0.477 e. The molecule has 0 spiro atoms. The maximum Gasteiger partial charge on any atom is 0.352 e. The minimum absolute atomic E-state index is 0.0145. The number of rotatable bonds is 6. The van der Waals surface area contributed by atoms with Crippen molar-refractivity contribution in [2.75, 3.05) is 11.4 Å². The SMILES string of the molecule is CCc1cccc(N(CC)C(=O)Cn2c(C(=O)O)cc3ccccc32)c1. The van der Waals surface area contributed by atoms with E-state index in [1.165, 1.54) is 0 Å². The van der Waals surface area contributed by atoms with Crippen LogP contribution in [0.25, 0.3) is 10.9 Å². The third-order valence-electron chi connectivity index (χ3n) is 4.57. The number of carbonyl (C=O) groups is 2. The molecule has 0 aliphatic carbocycles. The molecule has 0 bridgehead atoms. The van der Waals surface area contributed by atoms with Gasteiger partial charge in [-0.15, -0.1) is 0 Å². The van der Waals surface area contributed by atoms with Gasteiger partial charge in [0.15, 0.2) is 0 Å². The summed E-state index contributed by atoms with van der Waals surface area (Å²) in [6, 6.07) is 16.9. The molecule has 0 fully saturated rings. The van der Waals surface area contributed by atoms with Crippen molar-refractivity contribution in [2.24, 2.45) is 0 Å². The summed E-state index contributed by atoms with van der Waals surface area (Å²) in [5.74, 6) is -1.17. The number of hydrogen-bond donors (Lipinski definition) is 1. The molecule has 0 aliphatic rings. The summed E-state index contributed by atoms with van der Waals surface area (Å²) in [5.41, 5.74) is 2.87. The zero-order valence-electron chi connectivity index (χ0n) is 15.0. The lowest BCUT2D eigenvalue weighted by Gasteiger charge is -2.22. The van der Waals surface area contributed by atoms with Crippen LogP contribution in [0.3, 0.4) is 0 Å². The van der Waals surface area contributed by atoms with Crippen LogP contribution < -0.4 is 4.90 Å². The van der Waals surface area contributed by atoms with Crippen LogP contribution >= 0.6 is 0 Å². The first-order valence-corrected chi connectivity index (χ1v) is 8.76. The maximum atomic E-state index is 13.0. The normalized spacial score (nSPS) is 10.8. The lowest BCUT2D eigenvalue weighted by atomic mass is 10.1. The summed E-state index contributed by atoms with van der Waals surface area (Å²) in [7, 11) is 0. The smallest absolute Gasteiger partial charge is 0.352 e. The molecule has 0 saturated carbocycles. The fourth-order valence-corrected chi connectivity index (χ4v) is 3.23. The molecule has 26 heavy (non-hydrogen) atoms. The van der Waals surface area contributed by atoms with Gasteiger partial charge in [0.2, 0.25) is 5.91 Å². The fraction of sp³-hybridized carbons (Fsp3) is 0.238. The Bertz CT molecular complexity index is 959. The molecule has 0 unspecified atom stereocenters. The quantitative estimate of drug-likeness (QED) is 0.732. The Labute approximate surface area is 152 Å². The van der Waals surface area contributed by atoms with Crippen molar-refractivity contribution in [3.05, 3.63) is 65.9 Å². The molecule has 3 aromatic rings. The predicted octanol–water partition coefficient (Wildman–Crippen LogP) is 3.96. The molecule has 134 valence electrons. The van der Waals surface area contributed by atoms with Crippen LogP contribution in [0.5, 0.6) is 0 Å². The zero-order chi connectivity index (χ0) is 18.7. The molecule has 1 heterocycles. The number of hydrogen-bond acceptors (Lipinski definition) is 2. The van der Waals surface area contributed by atoms with Gasteiger partial charge in [-0.05, 0) is 43.2 Å². The molecule has 1 amide bonds. The second-order valence-electron chi connectivity index (χ2n) is 6.14. The first-order chi connectivity index (χ1) is 12.5. The number of carboxylic acid groups (broad SMARTS) is 1. The van der Waals surface area contributed by atoms with Crippen molar-refractivity contribution >= 4 is 28.5 Å². The average molecular weight is 350 g/mol. The summed E-state index contributed by atoms with van der Waals surface area (Å²) < 4.78 is 1.58. The van der Waals surface area contributed by atoms with Crippen molar-refractivity contribution < 1.29 is 14.7 Å². The third kappa shape index (κ3) is 3.33. The van der Waals surface area contributed by atoms with Crippen LogP contribution in [0, 0.1) is 0 Å². The summed E-state index contributed by atoms with van der Waals surface area (Å²) in [5, 5.41) is 10.3. The van der Waals surface area contributed by atoms with Gasteiger partial charge in [0.05, 0.1) is 0 Å². The van der Waals surface area contributed by atoms with Crippen molar-refractivity contribution in [2.45, 2.75) is 26.8 Å². The van der Waals surface area contributed by atoms with Crippen LogP contribution in [0.2, 0.25) is 0 Å². The minimum Gasteiger partial charge on any atom is -0.477 e. The number of aryl methyl sites for hydroxylation is 1. The van der Waals surface area contributed by atoms with Gasteiger partial charge in [-0.2, -0.15) is 0 Å². The summed E-state index contributed by atoms with van der Waals surface area (Å²) in [6.07, 6.45) is 0.894. The Hall–Kier alpha value is -3.08. The first-order valence-electron chi connectivity index (χ1n) is 8.76. The van der Waals surface area contributed by atoms with Crippen molar-refractivity contribution in [3.63, 3.8) is 0 Å². The van der Waals surface area contributed by atoms with E-state index < -0.39 is 5.97 Å². The first kappa shape index (κ1) is 17.7. The monoisotopic (exact) mass is 350 g/mol. The van der Waals surface area contributed by atoms with Gasteiger partial charge < -0.3 is 14.6 Å². The highest BCUT2D eigenvalue weighted by molar-refractivity contribution is 5.98. The van der Waals surface area contributed by atoms with Crippen molar-refractivity contribution in [1.82, 2.24) is 4.57 Å². The zero-order valence-corrected chi connectivity index (χ0v) is 15.0. The number of likely N-dealkylation sites (N-methyl/N-ethyl adjacent to an activating group) is 1. The number of aromatic carboxylic acids is 1. The minimum atomic E-state index is -1.04. The number of carboxylic acids is 1. The molecule has 3 rings (SSSR count). The molecule has 0 atom stereocenters. The molecular formula is C21H22N2O3. The molecule has 1 N–H and O–H groups in total. The topological polar surface area (TPSA) is 62.5 Å². The van der Waals surface area contributed by atoms with Crippen LogP contribution in [0.4, 0.5) is 5.69 Å². The van der Waals surface area contributed by atoms with Crippen LogP contribution in [-0.2, 0) is 17.8 Å². The van der Waals surface area contributed by atoms with Crippen molar-refractivity contribution in [3.8, 4) is 0 Å². The summed E-state index contributed by atoms with van der Waals surface area (Å²) >= 11 is 0. The number of anilines is 1. The summed E-state index contributed by atoms with van der Waals surface area (Å²) in [4.78, 5) is 26.3. The van der Waals surface area contributed by atoms with Gasteiger partial charge in [0.1, 0.15) is 12.2 Å². The third-order valence-corrected chi connectivity index (χ3v) is 4.57. The predicted molar refractivity (Wildman–Crippen MR) is 103 cm³/mol. The Kier molecular flexibility index (Phi) is 5.07. The van der Waals surface area contributed by atoms with E-state index in [4.69, 9.17) is 0 Å². The molecule has 5 nitrogen and oxygen atoms in total. The number of benzene rings is 2. The van der Waals surface area contributed by atoms with E-state index in [-0.39, 0.29) is 18.1 Å². The molecule has 0 saturated heterocycles. The molecule has 1 aromatic heterocycles. The standard InChI is InChI=1S/C21H22N2O3/c1-3-15-8-7-10-17(12-15)22(4-2)20(24)14-23-18-11-6-5-9-16(18)13-19(23)21(25)26/h5-13H,3-4,14H2,1-2H3,(H,25,26). The van der Waals surface area contributed by atoms with Crippen LogP contribution in [0.15, 0.2) is 54.6 Å². The lowest BCUT2D eigenvalue weighted by molar-refractivity contribution is -0.119. The van der Waals surface area contributed by atoms with Crippen LogP contribution in [-0.4, -0.2) is 28.1 Å². The molecule has 0 radical (unpaired) electrons. The highest BCUT2D eigenvalue weighted by Gasteiger charge is 2.20. The molecule has 5 heteroatoms. The Morgan fingerprint density at radius 3 is 2.50 bits per heavy atom. The van der Waals surface area contributed by atoms with Gasteiger partial charge >= 0.3 is 5.97 Å². The van der Waals surface area contributed by atoms with E-state index in [9.17, 15) is 14.7 Å². The van der Waals surface area contributed by atoms with Gasteiger partial charge in [0.25, 0.3) is 0 Å². The van der Waals surface area contributed by atoms with E-state index in [1.807, 2.05) is 55.5 Å². The van der Waals surface area contributed by atoms with Crippen LogP contribution in [0.1, 0.15) is 29.9 Å². The number of nitrogens with zero attached hydrogens (tertiary/aromatic N) is 2. The fourth-order valence-electron chi connectivity index (χ4n) is 3.23. The molecule has 0 aliphatic heterocycles. The number of carbonyl (C=O) groups excluding carboxylic acids is 1. The van der Waals surface area contributed by atoms with E-state index in [0.717, 1.165) is 28.6 Å². The number of aromatic nitrogens is 1. The number of fused-ring (bicyclic) bond motifs is 1. The highest BCUT2D eigenvalue weighted by Crippen LogP contribution is 2.22.